The summed E-state index contributed by atoms with van der Waals surface area (Å²) in [7, 11) is 0. The molecule has 0 spiro atoms. The second-order valence-corrected chi connectivity index (χ2v) is 4.83. The molecule has 1 heterocycles. The summed E-state index contributed by atoms with van der Waals surface area (Å²) >= 11 is 5.90. The molecule has 1 aromatic carbocycles. The van der Waals surface area contributed by atoms with Crippen LogP contribution in [0, 0.1) is 5.82 Å². The smallest absolute Gasteiger partial charge is 0.331 e. The lowest BCUT2D eigenvalue weighted by Gasteiger charge is -2.24. The number of aromatic nitrogens is 4. The minimum atomic E-state index is -1.34. The highest BCUT2D eigenvalue weighted by Crippen LogP contribution is 2.31. The predicted molar refractivity (Wildman–Crippen MR) is 69.8 cm³/mol. The summed E-state index contributed by atoms with van der Waals surface area (Å²) in [6, 6.07) is 4.20. The van der Waals surface area contributed by atoms with Crippen LogP contribution in [0.4, 0.5) is 4.39 Å². The average molecular weight is 299 g/mol. The van der Waals surface area contributed by atoms with Gasteiger partial charge in [0.1, 0.15) is 5.82 Å². The maximum absolute atomic E-state index is 13.5. The lowest BCUT2D eigenvalue weighted by atomic mass is 9.99. The SMILES string of the molecule is CCC(C)(C(=O)O)n1nnnc1-c1cccc(F)c1Cl. The van der Waals surface area contributed by atoms with E-state index < -0.39 is 17.3 Å². The van der Waals surface area contributed by atoms with E-state index in [1.807, 2.05) is 0 Å². The van der Waals surface area contributed by atoms with Crippen LogP contribution in [0.15, 0.2) is 18.2 Å². The third-order valence-corrected chi connectivity index (χ3v) is 3.66. The Balaban J connectivity index is 2.65. The van der Waals surface area contributed by atoms with Crippen molar-refractivity contribution in [3.63, 3.8) is 0 Å². The van der Waals surface area contributed by atoms with Crippen molar-refractivity contribution in [2.24, 2.45) is 0 Å². The highest BCUT2D eigenvalue weighted by molar-refractivity contribution is 6.33. The molecule has 0 aliphatic carbocycles. The molecule has 0 bridgehead atoms. The van der Waals surface area contributed by atoms with Gasteiger partial charge in [-0.1, -0.05) is 24.6 Å². The van der Waals surface area contributed by atoms with Crippen molar-refractivity contribution in [1.29, 1.82) is 0 Å². The molecular formula is C12H12ClFN4O2. The van der Waals surface area contributed by atoms with Crippen LogP contribution in [0.3, 0.4) is 0 Å². The van der Waals surface area contributed by atoms with Gasteiger partial charge in [-0.25, -0.2) is 13.9 Å². The molecule has 0 aliphatic heterocycles. The van der Waals surface area contributed by atoms with Gasteiger partial charge in [0.05, 0.1) is 5.02 Å². The van der Waals surface area contributed by atoms with E-state index in [-0.39, 0.29) is 22.8 Å². The molecule has 2 rings (SSSR count). The Hall–Kier alpha value is -2.02. The van der Waals surface area contributed by atoms with Gasteiger partial charge in [-0.05, 0) is 35.9 Å². The number of hydrogen-bond donors (Lipinski definition) is 1. The van der Waals surface area contributed by atoms with Crippen molar-refractivity contribution >= 4 is 17.6 Å². The number of hydrogen-bond acceptors (Lipinski definition) is 4. The van der Waals surface area contributed by atoms with E-state index in [2.05, 4.69) is 15.5 Å². The molecule has 0 radical (unpaired) electrons. The van der Waals surface area contributed by atoms with Crippen molar-refractivity contribution < 1.29 is 14.3 Å². The van der Waals surface area contributed by atoms with Gasteiger partial charge in [-0.2, -0.15) is 0 Å². The third kappa shape index (κ3) is 2.14. The zero-order valence-electron chi connectivity index (χ0n) is 10.8. The van der Waals surface area contributed by atoms with Crippen molar-refractivity contribution in [2.45, 2.75) is 25.8 Å². The van der Waals surface area contributed by atoms with Crippen LogP contribution in [0.1, 0.15) is 20.3 Å². The number of aliphatic carboxylic acids is 1. The summed E-state index contributed by atoms with van der Waals surface area (Å²) in [5, 5.41) is 20.2. The Morgan fingerprint density at radius 2 is 2.25 bits per heavy atom. The van der Waals surface area contributed by atoms with Crippen molar-refractivity contribution in [3.05, 3.63) is 29.0 Å². The summed E-state index contributed by atoms with van der Waals surface area (Å²) in [4.78, 5) is 11.5. The zero-order chi connectivity index (χ0) is 14.9. The second kappa shape index (κ2) is 5.16. The molecule has 0 saturated carbocycles. The quantitative estimate of drug-likeness (QED) is 0.937. The summed E-state index contributed by atoms with van der Waals surface area (Å²) in [5.41, 5.74) is -1.09. The fourth-order valence-electron chi connectivity index (χ4n) is 1.76. The van der Waals surface area contributed by atoms with Gasteiger partial charge < -0.3 is 5.11 Å². The summed E-state index contributed by atoms with van der Waals surface area (Å²) in [6.45, 7) is 3.19. The first-order valence-electron chi connectivity index (χ1n) is 5.88. The van der Waals surface area contributed by atoms with Gasteiger partial charge in [0.25, 0.3) is 0 Å². The van der Waals surface area contributed by atoms with Gasteiger partial charge in [0, 0.05) is 5.56 Å². The Morgan fingerprint density at radius 1 is 1.55 bits per heavy atom. The summed E-state index contributed by atoms with van der Waals surface area (Å²) in [5.74, 6) is -1.59. The zero-order valence-corrected chi connectivity index (χ0v) is 11.6. The molecule has 1 aromatic heterocycles. The second-order valence-electron chi connectivity index (χ2n) is 4.45. The lowest BCUT2D eigenvalue weighted by Crippen LogP contribution is -2.39. The molecule has 1 N–H and O–H groups in total. The number of nitrogens with zero attached hydrogens (tertiary/aromatic N) is 4. The van der Waals surface area contributed by atoms with Crippen molar-refractivity contribution in [3.8, 4) is 11.4 Å². The fraction of sp³-hybridized carbons (Fsp3) is 0.333. The number of rotatable bonds is 4. The largest absolute Gasteiger partial charge is 0.479 e. The first kappa shape index (κ1) is 14.4. The van der Waals surface area contributed by atoms with Crippen LogP contribution in [0.2, 0.25) is 5.02 Å². The Labute approximate surface area is 119 Å². The van der Waals surface area contributed by atoms with E-state index in [9.17, 15) is 14.3 Å². The normalized spacial score (nSPS) is 14.0. The minimum absolute atomic E-state index is 0.112. The van der Waals surface area contributed by atoms with Gasteiger partial charge in [0.2, 0.25) is 0 Å². The standard InChI is InChI=1S/C12H12ClFN4O2/c1-3-12(2,11(19)20)18-10(15-16-17-18)7-5-4-6-8(14)9(7)13/h4-6H,3H2,1-2H3,(H,19,20). The third-order valence-electron chi connectivity index (χ3n) is 3.28. The molecule has 20 heavy (non-hydrogen) atoms. The maximum Gasteiger partial charge on any atom is 0.331 e. The molecule has 0 aliphatic rings. The summed E-state index contributed by atoms with van der Waals surface area (Å²) in [6.07, 6.45) is 0.257. The number of halogens is 2. The predicted octanol–water partition coefficient (Wildman–Crippen LogP) is 2.34. The molecule has 106 valence electrons. The number of carboxylic acid groups (broad SMARTS) is 1. The Kier molecular flexibility index (Phi) is 3.71. The number of carboxylic acids is 1. The lowest BCUT2D eigenvalue weighted by molar-refractivity contribution is -0.147. The number of tetrazole rings is 1. The van der Waals surface area contributed by atoms with E-state index in [4.69, 9.17) is 11.6 Å². The van der Waals surface area contributed by atoms with Gasteiger partial charge in [-0.15, -0.1) is 5.10 Å². The van der Waals surface area contributed by atoms with E-state index in [1.54, 1.807) is 6.92 Å². The molecule has 0 saturated heterocycles. The van der Waals surface area contributed by atoms with Crippen molar-refractivity contribution in [1.82, 2.24) is 20.2 Å². The molecule has 1 unspecified atom stereocenters. The van der Waals surface area contributed by atoms with Crippen LogP contribution in [0.5, 0.6) is 0 Å². The molecule has 2 aromatic rings. The summed E-state index contributed by atoms with van der Waals surface area (Å²) < 4.78 is 14.7. The molecule has 0 amide bonds. The monoisotopic (exact) mass is 298 g/mol. The Bertz CT molecular complexity index is 661. The highest BCUT2D eigenvalue weighted by atomic mass is 35.5. The van der Waals surface area contributed by atoms with E-state index in [0.29, 0.717) is 0 Å². The van der Waals surface area contributed by atoms with Crippen LogP contribution in [-0.2, 0) is 10.3 Å². The topological polar surface area (TPSA) is 80.9 Å². The molecule has 1 atom stereocenters. The van der Waals surface area contributed by atoms with E-state index in [1.165, 1.54) is 25.1 Å². The number of benzene rings is 1. The minimum Gasteiger partial charge on any atom is -0.479 e. The molecule has 0 fully saturated rings. The van der Waals surface area contributed by atoms with E-state index in [0.717, 1.165) is 4.68 Å². The first-order valence-corrected chi connectivity index (χ1v) is 6.26. The highest BCUT2D eigenvalue weighted by Gasteiger charge is 2.37. The van der Waals surface area contributed by atoms with Gasteiger partial charge in [-0.3, -0.25) is 0 Å². The molecule has 6 nitrogen and oxygen atoms in total. The average Bonchev–Trinajstić information content (AvgIpc) is 2.90. The van der Waals surface area contributed by atoms with Crippen molar-refractivity contribution in [2.75, 3.05) is 0 Å². The van der Waals surface area contributed by atoms with Gasteiger partial charge >= 0.3 is 5.97 Å². The Morgan fingerprint density at radius 3 is 2.85 bits per heavy atom. The van der Waals surface area contributed by atoms with Crippen LogP contribution in [-0.4, -0.2) is 31.3 Å². The maximum atomic E-state index is 13.5. The molecule has 8 heteroatoms. The first-order chi connectivity index (χ1) is 9.41. The van der Waals surface area contributed by atoms with Crippen LogP contribution >= 0.6 is 11.6 Å². The number of carbonyl (C=O) groups is 1. The van der Waals surface area contributed by atoms with E-state index >= 15 is 0 Å². The molecular weight excluding hydrogens is 287 g/mol. The van der Waals surface area contributed by atoms with Crippen LogP contribution < -0.4 is 0 Å². The van der Waals surface area contributed by atoms with Gasteiger partial charge in [0.15, 0.2) is 11.4 Å². The van der Waals surface area contributed by atoms with Crippen LogP contribution in [0.25, 0.3) is 11.4 Å². The fourth-order valence-corrected chi connectivity index (χ4v) is 1.97.